The molecule has 1 aliphatic rings. The van der Waals surface area contributed by atoms with Crippen LogP contribution in [0.3, 0.4) is 0 Å². The fourth-order valence-corrected chi connectivity index (χ4v) is 2.78. The fraction of sp³-hybridized carbons (Fsp3) is 0.389. The lowest BCUT2D eigenvalue weighted by Gasteiger charge is -2.26. The number of nitrogens with zero attached hydrogens (tertiary/aromatic N) is 3. The van der Waals surface area contributed by atoms with Gasteiger partial charge in [-0.2, -0.15) is 0 Å². The molecule has 1 saturated heterocycles. The Hall–Kier alpha value is -2.34. The van der Waals surface area contributed by atoms with Crippen LogP contribution in [0.5, 0.6) is 5.75 Å². The Labute approximate surface area is 152 Å². The van der Waals surface area contributed by atoms with Gasteiger partial charge in [-0.25, -0.2) is 9.97 Å². The van der Waals surface area contributed by atoms with E-state index in [1.807, 2.05) is 6.07 Å². The van der Waals surface area contributed by atoms with Crippen molar-refractivity contribution >= 4 is 23.5 Å². The van der Waals surface area contributed by atoms with Gasteiger partial charge in [0, 0.05) is 24.3 Å². The number of aromatic nitrogens is 2. The van der Waals surface area contributed by atoms with Crippen LogP contribution in [0.2, 0.25) is 5.02 Å². The maximum absolute atomic E-state index is 11.9. The normalized spacial score (nSPS) is 14.2. The third-order valence-corrected chi connectivity index (χ3v) is 4.24. The van der Waals surface area contributed by atoms with E-state index in [4.69, 9.17) is 16.3 Å². The first-order chi connectivity index (χ1) is 12.2. The van der Waals surface area contributed by atoms with Crippen LogP contribution in [-0.4, -0.2) is 35.6 Å². The summed E-state index contributed by atoms with van der Waals surface area (Å²) in [4.78, 5) is 23.0. The summed E-state index contributed by atoms with van der Waals surface area (Å²) in [5, 5.41) is 3.44. The van der Waals surface area contributed by atoms with Crippen molar-refractivity contribution in [2.45, 2.75) is 25.8 Å². The van der Waals surface area contributed by atoms with Gasteiger partial charge in [0.25, 0.3) is 5.91 Å². The van der Waals surface area contributed by atoms with Gasteiger partial charge < -0.3 is 15.0 Å². The Morgan fingerprint density at radius 1 is 1.16 bits per heavy atom. The van der Waals surface area contributed by atoms with Crippen LogP contribution in [0.15, 0.2) is 36.5 Å². The van der Waals surface area contributed by atoms with Gasteiger partial charge in [0.05, 0.1) is 12.2 Å². The number of hydrogen-bond donors (Lipinski definition) is 1. The molecule has 1 N–H and O–H groups in total. The van der Waals surface area contributed by atoms with Gasteiger partial charge in [-0.3, -0.25) is 4.79 Å². The lowest BCUT2D eigenvalue weighted by molar-refractivity contribution is -0.123. The summed E-state index contributed by atoms with van der Waals surface area (Å²) in [6.45, 7) is 2.29. The summed E-state index contributed by atoms with van der Waals surface area (Å²) in [7, 11) is 0. The molecule has 1 aromatic heterocycles. The number of nitrogens with one attached hydrogen (secondary N) is 1. The third-order valence-electron chi connectivity index (χ3n) is 3.99. The molecule has 0 atom stereocenters. The number of carbonyl (C=O) groups is 1. The molecule has 1 aromatic carbocycles. The summed E-state index contributed by atoms with van der Waals surface area (Å²) in [5.41, 5.74) is 0.787. The molecule has 1 aliphatic heterocycles. The molecule has 0 spiro atoms. The highest BCUT2D eigenvalue weighted by Gasteiger charge is 2.13. The Morgan fingerprint density at radius 2 is 1.92 bits per heavy atom. The second kappa shape index (κ2) is 8.67. The van der Waals surface area contributed by atoms with Crippen LogP contribution < -0.4 is 15.0 Å². The Kier molecular flexibility index (Phi) is 6.06. The average molecular weight is 361 g/mol. The summed E-state index contributed by atoms with van der Waals surface area (Å²) < 4.78 is 5.42. The molecule has 1 amide bonds. The van der Waals surface area contributed by atoms with E-state index in [-0.39, 0.29) is 12.5 Å². The molecule has 2 heterocycles. The molecule has 3 rings (SSSR count). The summed E-state index contributed by atoms with van der Waals surface area (Å²) in [6.07, 6.45) is 5.35. The minimum atomic E-state index is -0.201. The van der Waals surface area contributed by atoms with Crippen LogP contribution in [0, 0.1) is 0 Å². The van der Waals surface area contributed by atoms with Gasteiger partial charge in [0.1, 0.15) is 5.75 Å². The van der Waals surface area contributed by atoms with Crippen LogP contribution in [-0.2, 0) is 11.3 Å². The SMILES string of the molecule is O=C(COc1ccc(Cl)cc1)NCc1ccnc(N2CCCCC2)n1. The van der Waals surface area contributed by atoms with Gasteiger partial charge in [-0.05, 0) is 49.6 Å². The van der Waals surface area contributed by atoms with E-state index < -0.39 is 0 Å². The van der Waals surface area contributed by atoms with E-state index in [1.54, 1.807) is 30.5 Å². The van der Waals surface area contributed by atoms with Crippen LogP contribution in [0.25, 0.3) is 0 Å². The molecular weight excluding hydrogens is 340 g/mol. The molecule has 132 valence electrons. The van der Waals surface area contributed by atoms with Crippen molar-refractivity contribution in [2.75, 3.05) is 24.6 Å². The number of piperidine rings is 1. The summed E-state index contributed by atoms with van der Waals surface area (Å²) in [5.74, 6) is 1.14. The number of amides is 1. The van der Waals surface area contributed by atoms with Gasteiger partial charge in [-0.15, -0.1) is 0 Å². The predicted molar refractivity (Wildman–Crippen MR) is 96.9 cm³/mol. The number of anilines is 1. The zero-order valence-corrected chi connectivity index (χ0v) is 14.7. The average Bonchev–Trinajstić information content (AvgIpc) is 2.67. The molecule has 0 radical (unpaired) electrons. The lowest BCUT2D eigenvalue weighted by atomic mass is 10.1. The molecule has 7 heteroatoms. The van der Waals surface area contributed by atoms with Gasteiger partial charge in [-0.1, -0.05) is 11.6 Å². The highest BCUT2D eigenvalue weighted by molar-refractivity contribution is 6.30. The minimum absolute atomic E-state index is 0.0499. The van der Waals surface area contributed by atoms with Gasteiger partial charge in [0.15, 0.2) is 6.61 Å². The number of carbonyl (C=O) groups excluding carboxylic acids is 1. The lowest BCUT2D eigenvalue weighted by Crippen LogP contribution is -2.32. The van der Waals surface area contributed by atoms with Crippen LogP contribution >= 0.6 is 11.6 Å². The summed E-state index contributed by atoms with van der Waals surface area (Å²) >= 11 is 5.81. The smallest absolute Gasteiger partial charge is 0.258 e. The first-order valence-corrected chi connectivity index (χ1v) is 8.80. The quantitative estimate of drug-likeness (QED) is 0.858. The van der Waals surface area contributed by atoms with Crippen LogP contribution in [0.4, 0.5) is 5.95 Å². The Morgan fingerprint density at radius 3 is 2.68 bits per heavy atom. The molecule has 2 aromatic rings. The fourth-order valence-electron chi connectivity index (χ4n) is 2.65. The highest BCUT2D eigenvalue weighted by atomic mass is 35.5. The van der Waals surface area contributed by atoms with Crippen LogP contribution in [0.1, 0.15) is 25.0 Å². The molecule has 25 heavy (non-hydrogen) atoms. The minimum Gasteiger partial charge on any atom is -0.484 e. The van der Waals surface area contributed by atoms with Crippen molar-refractivity contribution in [3.05, 3.63) is 47.2 Å². The topological polar surface area (TPSA) is 67.3 Å². The van der Waals surface area contributed by atoms with E-state index in [1.165, 1.54) is 19.3 Å². The van der Waals surface area contributed by atoms with Crippen molar-refractivity contribution in [1.29, 1.82) is 0 Å². The molecule has 0 aliphatic carbocycles. The molecule has 6 nitrogen and oxygen atoms in total. The van der Waals surface area contributed by atoms with E-state index in [0.29, 0.717) is 17.3 Å². The number of hydrogen-bond acceptors (Lipinski definition) is 5. The number of rotatable bonds is 6. The maximum atomic E-state index is 11.9. The Bertz CT molecular complexity index is 702. The zero-order chi connectivity index (χ0) is 17.5. The second-order valence-corrected chi connectivity index (χ2v) is 6.35. The van der Waals surface area contributed by atoms with E-state index in [0.717, 1.165) is 24.7 Å². The van der Waals surface area contributed by atoms with E-state index >= 15 is 0 Å². The number of benzene rings is 1. The third kappa shape index (κ3) is 5.32. The zero-order valence-electron chi connectivity index (χ0n) is 13.9. The maximum Gasteiger partial charge on any atom is 0.258 e. The van der Waals surface area contributed by atoms with Gasteiger partial charge >= 0.3 is 0 Å². The number of ether oxygens (including phenoxy) is 1. The van der Waals surface area contributed by atoms with Crippen molar-refractivity contribution in [3.8, 4) is 5.75 Å². The first kappa shape index (κ1) is 17.5. The molecule has 0 unspecified atom stereocenters. The first-order valence-electron chi connectivity index (χ1n) is 8.43. The number of halogens is 1. The summed E-state index contributed by atoms with van der Waals surface area (Å²) in [6, 6.07) is 8.71. The molecular formula is C18H21ClN4O2. The van der Waals surface area contributed by atoms with Crippen molar-refractivity contribution in [1.82, 2.24) is 15.3 Å². The largest absolute Gasteiger partial charge is 0.484 e. The monoisotopic (exact) mass is 360 g/mol. The second-order valence-electron chi connectivity index (χ2n) is 5.92. The van der Waals surface area contributed by atoms with E-state index in [9.17, 15) is 4.79 Å². The highest BCUT2D eigenvalue weighted by Crippen LogP contribution is 2.16. The van der Waals surface area contributed by atoms with Crippen molar-refractivity contribution < 1.29 is 9.53 Å². The molecule has 0 saturated carbocycles. The predicted octanol–water partition coefficient (Wildman–Crippen LogP) is 2.82. The van der Waals surface area contributed by atoms with E-state index in [2.05, 4.69) is 20.2 Å². The van der Waals surface area contributed by atoms with Crippen molar-refractivity contribution in [3.63, 3.8) is 0 Å². The molecule has 0 bridgehead atoms. The van der Waals surface area contributed by atoms with Gasteiger partial charge in [0.2, 0.25) is 5.95 Å². The van der Waals surface area contributed by atoms with Crippen molar-refractivity contribution in [2.24, 2.45) is 0 Å². The molecule has 1 fully saturated rings. The standard InChI is InChI=1S/C18H21ClN4O2/c19-14-4-6-16(7-5-14)25-13-17(24)21-12-15-8-9-20-18(22-15)23-10-2-1-3-11-23/h4-9H,1-3,10-13H2,(H,21,24). The Balaban J connectivity index is 1.47.